The molecular formula is C16H29N3O2. The van der Waals surface area contributed by atoms with Crippen LogP contribution in [0.25, 0.3) is 0 Å². The summed E-state index contributed by atoms with van der Waals surface area (Å²) < 4.78 is 7.49. The van der Waals surface area contributed by atoms with Gasteiger partial charge in [-0.05, 0) is 46.2 Å². The van der Waals surface area contributed by atoms with Crippen molar-refractivity contribution in [1.29, 1.82) is 0 Å². The highest BCUT2D eigenvalue weighted by Crippen LogP contribution is 2.12. The van der Waals surface area contributed by atoms with Crippen molar-refractivity contribution in [2.75, 3.05) is 20.1 Å². The van der Waals surface area contributed by atoms with Crippen LogP contribution in [0.2, 0.25) is 0 Å². The molecule has 0 saturated carbocycles. The Kier molecular flexibility index (Phi) is 5.84. The Morgan fingerprint density at radius 3 is 2.48 bits per heavy atom. The fourth-order valence-electron chi connectivity index (χ4n) is 2.01. The van der Waals surface area contributed by atoms with Gasteiger partial charge in [0, 0.05) is 45.1 Å². The number of nitrogens with zero attached hydrogens (tertiary/aromatic N) is 2. The van der Waals surface area contributed by atoms with E-state index in [0.717, 1.165) is 13.1 Å². The van der Waals surface area contributed by atoms with Crippen LogP contribution in [0.15, 0.2) is 6.07 Å². The van der Waals surface area contributed by atoms with Crippen molar-refractivity contribution in [2.24, 2.45) is 7.05 Å². The van der Waals surface area contributed by atoms with E-state index < -0.39 is 5.60 Å². The normalized spacial score (nSPS) is 11.6. The average molecular weight is 295 g/mol. The summed E-state index contributed by atoms with van der Waals surface area (Å²) in [5, 5.41) is 3.37. The number of rotatable bonds is 5. The van der Waals surface area contributed by atoms with E-state index in [0.29, 0.717) is 6.54 Å². The van der Waals surface area contributed by atoms with E-state index in [2.05, 4.69) is 36.8 Å². The summed E-state index contributed by atoms with van der Waals surface area (Å²) in [6.45, 7) is 12.0. The number of hydrogen-bond donors (Lipinski definition) is 1. The summed E-state index contributed by atoms with van der Waals surface area (Å²) >= 11 is 0. The van der Waals surface area contributed by atoms with Gasteiger partial charge in [0.25, 0.3) is 0 Å². The van der Waals surface area contributed by atoms with Gasteiger partial charge < -0.3 is 19.5 Å². The number of amides is 1. The van der Waals surface area contributed by atoms with Gasteiger partial charge in [0.2, 0.25) is 0 Å². The van der Waals surface area contributed by atoms with E-state index in [1.807, 2.05) is 20.8 Å². The Balaban J connectivity index is 2.34. The van der Waals surface area contributed by atoms with Crippen LogP contribution in [0.3, 0.4) is 0 Å². The standard InChI is InChI=1S/C16H29N3O2/c1-12-10-14(13(2)19(12)7)11-17-8-9-18(6)15(20)21-16(3,4)5/h10,17H,8-9,11H2,1-7H3. The summed E-state index contributed by atoms with van der Waals surface area (Å²) in [5.41, 5.74) is 3.39. The lowest BCUT2D eigenvalue weighted by Gasteiger charge is -2.24. The number of likely N-dealkylation sites (N-methyl/N-ethyl adjacent to an activating group) is 1. The van der Waals surface area contributed by atoms with Crippen LogP contribution in [-0.4, -0.2) is 41.3 Å². The van der Waals surface area contributed by atoms with Crippen molar-refractivity contribution in [1.82, 2.24) is 14.8 Å². The van der Waals surface area contributed by atoms with Crippen LogP contribution in [0, 0.1) is 13.8 Å². The highest BCUT2D eigenvalue weighted by atomic mass is 16.6. The number of nitrogens with one attached hydrogen (secondary N) is 1. The second-order valence-electron chi connectivity index (χ2n) is 6.53. The van der Waals surface area contributed by atoms with E-state index in [9.17, 15) is 4.79 Å². The lowest BCUT2D eigenvalue weighted by molar-refractivity contribution is 0.0300. The average Bonchev–Trinajstić information content (AvgIpc) is 2.60. The Morgan fingerprint density at radius 2 is 2.00 bits per heavy atom. The molecule has 5 nitrogen and oxygen atoms in total. The minimum Gasteiger partial charge on any atom is -0.444 e. The first-order valence-electron chi connectivity index (χ1n) is 7.38. The van der Waals surface area contributed by atoms with Crippen molar-refractivity contribution >= 4 is 6.09 Å². The van der Waals surface area contributed by atoms with E-state index in [1.165, 1.54) is 17.0 Å². The number of aromatic nitrogens is 1. The molecule has 1 aromatic heterocycles. The summed E-state index contributed by atoms with van der Waals surface area (Å²) in [6, 6.07) is 2.19. The predicted molar refractivity (Wildman–Crippen MR) is 85.5 cm³/mol. The molecule has 1 heterocycles. The predicted octanol–water partition coefficient (Wildman–Crippen LogP) is 2.60. The lowest BCUT2D eigenvalue weighted by Crippen LogP contribution is -2.37. The summed E-state index contributed by atoms with van der Waals surface area (Å²) in [6.07, 6.45) is -0.281. The van der Waals surface area contributed by atoms with Crippen molar-refractivity contribution in [3.05, 3.63) is 23.0 Å². The van der Waals surface area contributed by atoms with Crippen molar-refractivity contribution in [2.45, 2.75) is 46.8 Å². The molecule has 0 aromatic carbocycles. The highest BCUT2D eigenvalue weighted by Gasteiger charge is 2.19. The molecule has 120 valence electrons. The fourth-order valence-corrected chi connectivity index (χ4v) is 2.01. The van der Waals surface area contributed by atoms with Crippen molar-refractivity contribution in [3.63, 3.8) is 0 Å². The van der Waals surface area contributed by atoms with Gasteiger partial charge in [0.05, 0.1) is 0 Å². The van der Waals surface area contributed by atoms with Crippen LogP contribution >= 0.6 is 0 Å². The first-order valence-corrected chi connectivity index (χ1v) is 7.38. The molecule has 0 aliphatic rings. The minimum atomic E-state index is -0.447. The lowest BCUT2D eigenvalue weighted by atomic mass is 10.2. The third kappa shape index (κ3) is 5.42. The van der Waals surface area contributed by atoms with Gasteiger partial charge in [-0.2, -0.15) is 0 Å². The third-order valence-corrected chi connectivity index (χ3v) is 3.52. The zero-order valence-electron chi connectivity index (χ0n) is 14.4. The molecule has 0 fully saturated rings. The van der Waals surface area contributed by atoms with E-state index in [-0.39, 0.29) is 6.09 Å². The Labute approximate surface area is 128 Å². The van der Waals surface area contributed by atoms with E-state index in [4.69, 9.17) is 4.74 Å². The summed E-state index contributed by atoms with van der Waals surface area (Å²) in [4.78, 5) is 13.4. The fraction of sp³-hybridized carbons (Fsp3) is 0.688. The molecule has 1 rings (SSSR count). The minimum absolute atomic E-state index is 0.281. The van der Waals surface area contributed by atoms with Crippen molar-refractivity contribution in [3.8, 4) is 0 Å². The largest absolute Gasteiger partial charge is 0.444 e. The van der Waals surface area contributed by atoms with Gasteiger partial charge in [0.15, 0.2) is 0 Å². The molecule has 1 N–H and O–H groups in total. The van der Waals surface area contributed by atoms with Gasteiger partial charge in [0.1, 0.15) is 5.60 Å². The number of aryl methyl sites for hydroxylation is 1. The van der Waals surface area contributed by atoms with Crippen LogP contribution in [-0.2, 0) is 18.3 Å². The van der Waals surface area contributed by atoms with Crippen LogP contribution in [0.1, 0.15) is 37.7 Å². The molecule has 0 spiro atoms. The number of carbonyl (C=O) groups is 1. The summed E-state index contributed by atoms with van der Waals surface area (Å²) in [7, 11) is 3.83. The SMILES string of the molecule is Cc1cc(CNCCN(C)C(=O)OC(C)(C)C)c(C)n1C. The maximum atomic E-state index is 11.8. The molecular weight excluding hydrogens is 266 g/mol. The molecule has 0 bridgehead atoms. The zero-order valence-corrected chi connectivity index (χ0v) is 14.4. The zero-order chi connectivity index (χ0) is 16.2. The molecule has 0 saturated heterocycles. The third-order valence-electron chi connectivity index (χ3n) is 3.52. The first kappa shape index (κ1) is 17.6. The molecule has 21 heavy (non-hydrogen) atoms. The van der Waals surface area contributed by atoms with E-state index >= 15 is 0 Å². The molecule has 0 atom stereocenters. The van der Waals surface area contributed by atoms with Gasteiger partial charge in [-0.1, -0.05) is 0 Å². The molecule has 1 aromatic rings. The topological polar surface area (TPSA) is 46.5 Å². The monoisotopic (exact) mass is 295 g/mol. The van der Waals surface area contributed by atoms with Gasteiger partial charge in [-0.15, -0.1) is 0 Å². The molecule has 1 amide bonds. The quantitative estimate of drug-likeness (QED) is 0.849. The Hall–Kier alpha value is -1.49. The second kappa shape index (κ2) is 6.98. The molecule has 0 radical (unpaired) electrons. The molecule has 5 heteroatoms. The Bertz CT molecular complexity index is 486. The second-order valence-corrected chi connectivity index (χ2v) is 6.53. The van der Waals surface area contributed by atoms with Crippen LogP contribution < -0.4 is 5.32 Å². The van der Waals surface area contributed by atoms with E-state index in [1.54, 1.807) is 11.9 Å². The van der Waals surface area contributed by atoms with Crippen LogP contribution in [0.5, 0.6) is 0 Å². The molecule has 0 unspecified atom stereocenters. The van der Waals surface area contributed by atoms with Gasteiger partial charge in [-0.25, -0.2) is 4.79 Å². The van der Waals surface area contributed by atoms with Crippen molar-refractivity contribution < 1.29 is 9.53 Å². The summed E-state index contributed by atoms with van der Waals surface area (Å²) in [5.74, 6) is 0. The number of hydrogen-bond acceptors (Lipinski definition) is 3. The number of ether oxygens (including phenoxy) is 1. The molecule has 0 aliphatic carbocycles. The smallest absolute Gasteiger partial charge is 0.410 e. The number of carbonyl (C=O) groups excluding carboxylic acids is 1. The highest BCUT2D eigenvalue weighted by molar-refractivity contribution is 5.67. The Morgan fingerprint density at radius 1 is 1.38 bits per heavy atom. The molecule has 0 aliphatic heterocycles. The van der Waals surface area contributed by atoms with Crippen LogP contribution in [0.4, 0.5) is 4.79 Å². The first-order chi connectivity index (χ1) is 9.61. The van der Waals surface area contributed by atoms with Gasteiger partial charge in [-0.3, -0.25) is 0 Å². The maximum absolute atomic E-state index is 11.8. The maximum Gasteiger partial charge on any atom is 0.410 e. The van der Waals surface area contributed by atoms with Gasteiger partial charge >= 0.3 is 6.09 Å².